The molecule has 0 aliphatic heterocycles. The third kappa shape index (κ3) is 22.6. The first-order valence-corrected chi connectivity index (χ1v) is 6.98. The summed E-state index contributed by atoms with van der Waals surface area (Å²) >= 11 is 1.60. The van der Waals surface area contributed by atoms with E-state index in [-0.39, 0.29) is 0 Å². The van der Waals surface area contributed by atoms with E-state index in [9.17, 15) is 13.2 Å². The van der Waals surface area contributed by atoms with Crippen LogP contribution in [0.4, 0.5) is 0 Å². The molecule has 0 radical (unpaired) electrons. The highest BCUT2D eigenvalue weighted by Gasteiger charge is 2.08. The van der Waals surface area contributed by atoms with E-state index in [4.69, 9.17) is 10.8 Å². The molecule has 14 heavy (non-hydrogen) atoms. The first-order chi connectivity index (χ1) is 6.18. The molecule has 1 unspecified atom stereocenters. The predicted molar refractivity (Wildman–Crippen MR) is 57.6 cm³/mol. The summed E-state index contributed by atoms with van der Waals surface area (Å²) in [6.07, 6.45) is 3.41. The third-order valence-electron chi connectivity index (χ3n) is 0.950. The van der Waals surface area contributed by atoms with Gasteiger partial charge in [0.2, 0.25) is 10.0 Å². The topological polar surface area (TPSA) is 123 Å². The largest absolute Gasteiger partial charge is 0.480 e. The van der Waals surface area contributed by atoms with Crippen LogP contribution in [0, 0.1) is 0 Å². The molecular weight excluding hydrogens is 228 g/mol. The van der Waals surface area contributed by atoms with Gasteiger partial charge in [-0.2, -0.15) is 11.8 Å². The highest BCUT2D eigenvalue weighted by atomic mass is 32.2. The van der Waals surface area contributed by atoms with E-state index in [1.807, 2.05) is 6.26 Å². The minimum absolute atomic E-state index is 0.552. The molecule has 0 fully saturated rings. The minimum Gasteiger partial charge on any atom is -0.480 e. The lowest BCUT2D eigenvalue weighted by atomic mass is 10.2. The van der Waals surface area contributed by atoms with Gasteiger partial charge in [-0.3, -0.25) is 4.79 Å². The lowest BCUT2D eigenvalue weighted by Crippen LogP contribution is -2.30. The van der Waals surface area contributed by atoms with Crippen LogP contribution in [0.2, 0.25) is 0 Å². The number of primary sulfonamides is 1. The van der Waals surface area contributed by atoms with E-state index in [0.29, 0.717) is 6.42 Å². The summed E-state index contributed by atoms with van der Waals surface area (Å²) < 4.78 is 18.8. The van der Waals surface area contributed by atoms with E-state index in [0.717, 1.165) is 12.0 Å². The van der Waals surface area contributed by atoms with Crippen LogP contribution in [0.1, 0.15) is 6.42 Å². The van der Waals surface area contributed by atoms with Gasteiger partial charge in [0.1, 0.15) is 6.04 Å². The van der Waals surface area contributed by atoms with Gasteiger partial charge in [-0.1, -0.05) is 0 Å². The molecule has 8 heteroatoms. The van der Waals surface area contributed by atoms with Crippen molar-refractivity contribution in [1.29, 1.82) is 0 Å². The van der Waals surface area contributed by atoms with Gasteiger partial charge in [0.15, 0.2) is 0 Å². The number of rotatable bonds is 4. The van der Waals surface area contributed by atoms with Crippen molar-refractivity contribution < 1.29 is 18.3 Å². The van der Waals surface area contributed by atoms with Crippen LogP contribution in [-0.2, 0) is 14.8 Å². The Kier molecular flexibility index (Phi) is 9.26. The van der Waals surface area contributed by atoms with Crippen molar-refractivity contribution in [2.24, 2.45) is 10.9 Å². The molecule has 0 saturated carbocycles. The number of hydrogen-bond acceptors (Lipinski definition) is 5. The Bertz CT molecular complexity index is 245. The third-order valence-corrected chi connectivity index (χ3v) is 1.59. The van der Waals surface area contributed by atoms with Gasteiger partial charge in [0.05, 0.1) is 6.26 Å². The summed E-state index contributed by atoms with van der Waals surface area (Å²) in [4.78, 5) is 10.1. The lowest BCUT2D eigenvalue weighted by Gasteiger charge is -2.02. The summed E-state index contributed by atoms with van der Waals surface area (Å²) in [6.45, 7) is 0. The van der Waals surface area contributed by atoms with Crippen molar-refractivity contribution in [3.05, 3.63) is 0 Å². The van der Waals surface area contributed by atoms with E-state index in [1.54, 1.807) is 11.8 Å². The molecule has 86 valence electrons. The molecule has 0 bridgehead atoms. The Hall–Kier alpha value is -0.310. The highest BCUT2D eigenvalue weighted by molar-refractivity contribution is 7.98. The van der Waals surface area contributed by atoms with Gasteiger partial charge in [-0.15, -0.1) is 0 Å². The van der Waals surface area contributed by atoms with Crippen LogP contribution >= 0.6 is 11.8 Å². The molecule has 5 N–H and O–H groups in total. The molecule has 0 aromatic heterocycles. The standard InChI is InChI=1S/C5H11NO2S.CH5NO2S/c1-9-3-2-4(6)5(7)8;1-5(2,3)4/h4H,2-3,6H2,1H3,(H,7,8);1H3,(H2,2,3,4). The summed E-state index contributed by atoms with van der Waals surface area (Å²) in [7, 11) is -3.17. The number of hydrogen-bond donors (Lipinski definition) is 3. The van der Waals surface area contributed by atoms with Crippen molar-refractivity contribution in [2.75, 3.05) is 18.3 Å². The summed E-state index contributed by atoms with van der Waals surface area (Å²) in [6, 6.07) is -0.683. The number of thioether (sulfide) groups is 1. The van der Waals surface area contributed by atoms with Crippen molar-refractivity contribution in [3.8, 4) is 0 Å². The number of aliphatic carboxylic acids is 1. The zero-order valence-corrected chi connectivity index (χ0v) is 9.77. The smallest absolute Gasteiger partial charge is 0.320 e. The first kappa shape index (κ1) is 16.1. The molecule has 0 aliphatic rings. The van der Waals surface area contributed by atoms with Gasteiger partial charge in [-0.05, 0) is 18.4 Å². The fraction of sp³-hybridized carbons (Fsp3) is 0.833. The maximum Gasteiger partial charge on any atom is 0.320 e. The lowest BCUT2D eigenvalue weighted by molar-refractivity contribution is -0.138. The fourth-order valence-electron chi connectivity index (χ4n) is 0.368. The normalized spacial score (nSPS) is 12.6. The van der Waals surface area contributed by atoms with E-state index >= 15 is 0 Å². The van der Waals surface area contributed by atoms with Crippen molar-refractivity contribution in [3.63, 3.8) is 0 Å². The maximum atomic E-state index is 10.1. The molecule has 0 spiro atoms. The maximum absolute atomic E-state index is 10.1. The van der Waals surface area contributed by atoms with E-state index < -0.39 is 22.0 Å². The Balaban J connectivity index is 0. The number of sulfonamides is 1. The van der Waals surface area contributed by atoms with Crippen LogP contribution < -0.4 is 10.9 Å². The van der Waals surface area contributed by atoms with Gasteiger partial charge in [0.25, 0.3) is 0 Å². The van der Waals surface area contributed by atoms with Gasteiger partial charge in [-0.25, -0.2) is 13.6 Å². The average Bonchev–Trinajstić information content (AvgIpc) is 1.96. The summed E-state index contributed by atoms with van der Waals surface area (Å²) in [5.41, 5.74) is 5.19. The molecular formula is C6H16N2O4S2. The predicted octanol–water partition coefficient (Wildman–Crippen LogP) is -0.944. The average molecular weight is 244 g/mol. The molecule has 1 atom stereocenters. The molecule has 0 heterocycles. The Morgan fingerprint density at radius 2 is 1.93 bits per heavy atom. The number of carboxylic acid groups (broad SMARTS) is 1. The summed E-state index contributed by atoms with van der Waals surface area (Å²) in [5.74, 6) is -0.1000. The molecule has 0 saturated heterocycles. The van der Waals surface area contributed by atoms with Crippen LogP contribution in [0.5, 0.6) is 0 Å². The molecule has 6 nitrogen and oxygen atoms in total. The van der Waals surface area contributed by atoms with Crippen molar-refractivity contribution >= 4 is 27.8 Å². The second-order valence-electron chi connectivity index (χ2n) is 2.56. The SMILES string of the molecule is CS(N)(=O)=O.CSCCC(N)C(=O)O. The Morgan fingerprint density at radius 3 is 2.14 bits per heavy atom. The van der Waals surface area contributed by atoms with Crippen molar-refractivity contribution in [1.82, 2.24) is 0 Å². The van der Waals surface area contributed by atoms with Crippen LogP contribution in [-0.4, -0.2) is 43.8 Å². The quantitative estimate of drug-likeness (QED) is 0.586. The Morgan fingerprint density at radius 1 is 1.57 bits per heavy atom. The van der Waals surface area contributed by atoms with Gasteiger partial charge < -0.3 is 10.8 Å². The van der Waals surface area contributed by atoms with Crippen LogP contribution in [0.25, 0.3) is 0 Å². The zero-order valence-electron chi connectivity index (χ0n) is 8.13. The van der Waals surface area contributed by atoms with Crippen LogP contribution in [0.15, 0.2) is 0 Å². The molecule has 0 aliphatic carbocycles. The Labute approximate surface area is 88.1 Å². The molecule has 0 aromatic carbocycles. The number of carbonyl (C=O) groups is 1. The minimum atomic E-state index is -3.17. The zero-order chi connectivity index (χ0) is 11.8. The molecule has 0 aromatic rings. The monoisotopic (exact) mass is 244 g/mol. The number of nitrogens with two attached hydrogens (primary N) is 2. The molecule has 0 rings (SSSR count). The van der Waals surface area contributed by atoms with E-state index in [1.165, 1.54) is 0 Å². The second-order valence-corrected chi connectivity index (χ2v) is 5.20. The highest BCUT2D eigenvalue weighted by Crippen LogP contribution is 1.97. The number of carboxylic acids is 1. The first-order valence-electron chi connectivity index (χ1n) is 3.63. The second kappa shape index (κ2) is 8.04. The van der Waals surface area contributed by atoms with Gasteiger partial charge >= 0.3 is 5.97 Å². The van der Waals surface area contributed by atoms with E-state index in [2.05, 4.69) is 5.14 Å². The van der Waals surface area contributed by atoms with Gasteiger partial charge in [0, 0.05) is 0 Å². The molecule has 0 amide bonds. The summed E-state index contributed by atoms with van der Waals surface area (Å²) in [5, 5.41) is 12.6. The fourth-order valence-corrected chi connectivity index (χ4v) is 0.858. The van der Waals surface area contributed by atoms with Crippen molar-refractivity contribution in [2.45, 2.75) is 12.5 Å². The van der Waals surface area contributed by atoms with Crippen LogP contribution in [0.3, 0.4) is 0 Å².